The second-order valence-corrected chi connectivity index (χ2v) is 5.93. The zero-order chi connectivity index (χ0) is 13.2. The number of nitrogens with two attached hydrogens (primary N) is 1. The predicted molar refractivity (Wildman–Crippen MR) is 76.4 cm³/mol. The molecule has 1 aromatic rings. The highest BCUT2D eigenvalue weighted by Gasteiger charge is 2.20. The van der Waals surface area contributed by atoms with Crippen molar-refractivity contribution in [3.63, 3.8) is 0 Å². The summed E-state index contributed by atoms with van der Waals surface area (Å²) in [4.78, 5) is 0. The molecule has 0 saturated carbocycles. The van der Waals surface area contributed by atoms with Gasteiger partial charge in [-0.2, -0.15) is 0 Å². The molecule has 1 rings (SSSR count). The van der Waals surface area contributed by atoms with Crippen molar-refractivity contribution in [2.75, 3.05) is 0 Å². The van der Waals surface area contributed by atoms with E-state index in [0.29, 0.717) is 17.8 Å². The van der Waals surface area contributed by atoms with Gasteiger partial charge in [-0.05, 0) is 34.4 Å². The highest BCUT2D eigenvalue weighted by molar-refractivity contribution is 5.41. The zero-order valence-electron chi connectivity index (χ0n) is 12.1. The van der Waals surface area contributed by atoms with Gasteiger partial charge in [0.25, 0.3) is 0 Å². The maximum Gasteiger partial charge on any atom is 0.0323 e. The molecule has 0 aromatic heterocycles. The summed E-state index contributed by atoms with van der Waals surface area (Å²) in [6.07, 6.45) is 0. The van der Waals surface area contributed by atoms with Crippen LogP contribution in [0, 0.1) is 5.92 Å². The van der Waals surface area contributed by atoms with Gasteiger partial charge in [-0.25, -0.2) is 0 Å². The normalized spacial score (nSPS) is 13.8. The third kappa shape index (κ3) is 3.10. The van der Waals surface area contributed by atoms with Gasteiger partial charge in [0.2, 0.25) is 0 Å². The zero-order valence-corrected chi connectivity index (χ0v) is 12.1. The highest BCUT2D eigenvalue weighted by Crippen LogP contribution is 2.34. The third-order valence-electron chi connectivity index (χ3n) is 3.47. The predicted octanol–water partition coefficient (Wildman–Crippen LogP) is 4.59. The Kier molecular flexibility index (Phi) is 4.76. The van der Waals surface area contributed by atoms with Gasteiger partial charge in [0.15, 0.2) is 0 Å². The molecule has 0 heterocycles. The molecule has 17 heavy (non-hydrogen) atoms. The van der Waals surface area contributed by atoms with Gasteiger partial charge in [-0.1, -0.05) is 59.7 Å². The van der Waals surface area contributed by atoms with E-state index >= 15 is 0 Å². The van der Waals surface area contributed by atoms with E-state index in [1.165, 1.54) is 16.7 Å². The number of hydrogen-bond donors (Lipinski definition) is 1. The lowest BCUT2D eigenvalue weighted by molar-refractivity contribution is 0.502. The molecule has 1 unspecified atom stereocenters. The van der Waals surface area contributed by atoms with Crippen LogP contribution >= 0.6 is 0 Å². The van der Waals surface area contributed by atoms with E-state index in [9.17, 15) is 0 Å². The Morgan fingerprint density at radius 1 is 0.824 bits per heavy atom. The lowest BCUT2D eigenvalue weighted by Gasteiger charge is -2.26. The van der Waals surface area contributed by atoms with Crippen LogP contribution < -0.4 is 5.73 Å². The van der Waals surface area contributed by atoms with Gasteiger partial charge in [0, 0.05) is 6.04 Å². The first-order chi connectivity index (χ1) is 7.86. The van der Waals surface area contributed by atoms with Crippen molar-refractivity contribution in [1.82, 2.24) is 0 Å². The minimum atomic E-state index is 0.144. The van der Waals surface area contributed by atoms with Gasteiger partial charge in [0.1, 0.15) is 0 Å². The van der Waals surface area contributed by atoms with E-state index in [-0.39, 0.29) is 6.04 Å². The quantitative estimate of drug-likeness (QED) is 0.808. The summed E-state index contributed by atoms with van der Waals surface area (Å²) in [5.41, 5.74) is 10.6. The minimum Gasteiger partial charge on any atom is -0.324 e. The van der Waals surface area contributed by atoms with E-state index in [1.807, 2.05) is 0 Å². The fourth-order valence-corrected chi connectivity index (χ4v) is 2.33. The number of rotatable bonds is 4. The van der Waals surface area contributed by atoms with E-state index in [4.69, 9.17) is 5.73 Å². The summed E-state index contributed by atoms with van der Waals surface area (Å²) in [6.45, 7) is 13.4. The van der Waals surface area contributed by atoms with Gasteiger partial charge in [-0.3, -0.25) is 0 Å². The largest absolute Gasteiger partial charge is 0.324 e. The monoisotopic (exact) mass is 233 g/mol. The molecule has 1 heteroatoms. The van der Waals surface area contributed by atoms with Crippen molar-refractivity contribution in [3.8, 4) is 0 Å². The molecule has 0 radical (unpaired) electrons. The summed E-state index contributed by atoms with van der Waals surface area (Å²) in [5, 5.41) is 0. The topological polar surface area (TPSA) is 26.0 Å². The summed E-state index contributed by atoms with van der Waals surface area (Å²) >= 11 is 0. The molecule has 96 valence electrons. The molecule has 0 bridgehead atoms. The van der Waals surface area contributed by atoms with Crippen molar-refractivity contribution < 1.29 is 0 Å². The number of benzene rings is 1. The summed E-state index contributed by atoms with van der Waals surface area (Å²) < 4.78 is 0. The fraction of sp³-hybridized carbons (Fsp3) is 0.625. The highest BCUT2D eigenvalue weighted by atomic mass is 14.6. The van der Waals surface area contributed by atoms with Crippen molar-refractivity contribution in [3.05, 3.63) is 34.9 Å². The molecule has 0 spiro atoms. The van der Waals surface area contributed by atoms with Crippen LogP contribution in [0.15, 0.2) is 18.2 Å². The number of hydrogen-bond acceptors (Lipinski definition) is 1. The molecule has 1 atom stereocenters. The van der Waals surface area contributed by atoms with E-state index in [2.05, 4.69) is 59.7 Å². The molecule has 1 nitrogen and oxygen atoms in total. The van der Waals surface area contributed by atoms with Crippen LogP contribution in [0.2, 0.25) is 0 Å². The van der Waals surface area contributed by atoms with Crippen LogP contribution in [0.4, 0.5) is 0 Å². The smallest absolute Gasteiger partial charge is 0.0323 e. The Morgan fingerprint density at radius 3 is 1.53 bits per heavy atom. The average molecular weight is 233 g/mol. The van der Waals surface area contributed by atoms with Crippen LogP contribution in [0.5, 0.6) is 0 Å². The Morgan fingerprint density at radius 2 is 1.24 bits per heavy atom. The molecule has 0 aliphatic carbocycles. The maximum atomic E-state index is 6.42. The van der Waals surface area contributed by atoms with E-state index in [1.54, 1.807) is 0 Å². The minimum absolute atomic E-state index is 0.144. The lowest BCUT2D eigenvalue weighted by Crippen LogP contribution is -2.21. The van der Waals surface area contributed by atoms with E-state index in [0.717, 1.165) is 0 Å². The van der Waals surface area contributed by atoms with Crippen molar-refractivity contribution in [2.45, 2.75) is 59.4 Å². The van der Waals surface area contributed by atoms with Crippen LogP contribution in [0.3, 0.4) is 0 Å². The molecule has 1 aromatic carbocycles. The molecule has 0 aliphatic heterocycles. The summed E-state index contributed by atoms with van der Waals surface area (Å²) in [7, 11) is 0. The molecule has 0 amide bonds. The van der Waals surface area contributed by atoms with Gasteiger partial charge >= 0.3 is 0 Å². The molecular weight excluding hydrogens is 206 g/mol. The Bertz CT molecular complexity index is 338. The Balaban J connectivity index is 3.38. The van der Waals surface area contributed by atoms with Gasteiger partial charge in [0.05, 0.1) is 0 Å². The van der Waals surface area contributed by atoms with Crippen molar-refractivity contribution >= 4 is 0 Å². The molecule has 2 N–H and O–H groups in total. The first kappa shape index (κ1) is 14.2. The molecule has 0 aliphatic rings. The van der Waals surface area contributed by atoms with Crippen LogP contribution in [-0.2, 0) is 0 Å². The van der Waals surface area contributed by atoms with Crippen molar-refractivity contribution in [1.29, 1.82) is 0 Å². The first-order valence-corrected chi connectivity index (χ1v) is 6.74. The summed E-state index contributed by atoms with van der Waals surface area (Å²) in [6, 6.07) is 6.77. The van der Waals surface area contributed by atoms with Crippen LogP contribution in [-0.4, -0.2) is 0 Å². The molecular formula is C16H27N. The molecule has 0 fully saturated rings. The molecule has 0 saturated heterocycles. The van der Waals surface area contributed by atoms with Crippen LogP contribution in [0.25, 0.3) is 0 Å². The van der Waals surface area contributed by atoms with Gasteiger partial charge < -0.3 is 5.73 Å². The average Bonchev–Trinajstić information content (AvgIpc) is 2.26. The van der Waals surface area contributed by atoms with Crippen molar-refractivity contribution in [2.24, 2.45) is 11.7 Å². The Labute approximate surface area is 106 Å². The van der Waals surface area contributed by atoms with Crippen LogP contribution in [0.1, 0.15) is 76.1 Å². The Hall–Kier alpha value is -0.820. The van der Waals surface area contributed by atoms with Gasteiger partial charge in [-0.15, -0.1) is 0 Å². The summed E-state index contributed by atoms with van der Waals surface area (Å²) in [5.74, 6) is 1.55. The lowest BCUT2D eigenvalue weighted by atomic mass is 9.82. The third-order valence-corrected chi connectivity index (χ3v) is 3.47. The second-order valence-electron chi connectivity index (χ2n) is 5.93. The standard InChI is InChI=1S/C16H27N/c1-10(2)13-8-7-9-14(11(3)4)15(13)16(17)12(5)6/h7-12,16H,17H2,1-6H3. The van der Waals surface area contributed by atoms with E-state index < -0.39 is 0 Å². The second kappa shape index (κ2) is 5.68. The maximum absolute atomic E-state index is 6.42. The fourth-order valence-electron chi connectivity index (χ4n) is 2.33. The first-order valence-electron chi connectivity index (χ1n) is 6.74. The SMILES string of the molecule is CC(C)c1cccc(C(C)C)c1C(N)C(C)C.